The molecular formula is C16H24NO4S2-. The SMILES string of the molecule is CC(C)[C@]1(C)SC(CC2CC3C=CC2C3)=NC1=O.CS(=O)(=O)[O-]. The van der Waals surface area contributed by atoms with Crippen molar-refractivity contribution >= 4 is 32.8 Å². The van der Waals surface area contributed by atoms with Crippen LogP contribution >= 0.6 is 11.8 Å². The van der Waals surface area contributed by atoms with E-state index in [0.717, 1.165) is 29.2 Å². The Morgan fingerprint density at radius 3 is 2.39 bits per heavy atom. The van der Waals surface area contributed by atoms with Crippen LogP contribution in [0.15, 0.2) is 17.1 Å². The molecule has 130 valence electrons. The lowest BCUT2D eigenvalue weighted by molar-refractivity contribution is -0.120. The first-order valence-corrected chi connectivity index (χ1v) is 10.5. The highest BCUT2D eigenvalue weighted by atomic mass is 32.2. The Morgan fingerprint density at radius 2 is 2.00 bits per heavy atom. The molecule has 0 aromatic heterocycles. The van der Waals surface area contributed by atoms with E-state index in [2.05, 4.69) is 31.0 Å². The number of rotatable bonds is 3. The van der Waals surface area contributed by atoms with Crippen molar-refractivity contribution in [1.29, 1.82) is 0 Å². The van der Waals surface area contributed by atoms with Crippen LogP contribution in [-0.2, 0) is 14.9 Å². The highest BCUT2D eigenvalue weighted by molar-refractivity contribution is 8.16. The van der Waals surface area contributed by atoms with Gasteiger partial charge in [-0.2, -0.15) is 0 Å². The quantitative estimate of drug-likeness (QED) is 0.572. The fourth-order valence-electron chi connectivity index (χ4n) is 3.34. The minimum Gasteiger partial charge on any atom is -0.748 e. The second-order valence-corrected chi connectivity index (χ2v) is 10.1. The van der Waals surface area contributed by atoms with Gasteiger partial charge in [-0.3, -0.25) is 4.79 Å². The average molecular weight is 359 g/mol. The van der Waals surface area contributed by atoms with Crippen LogP contribution < -0.4 is 0 Å². The molecule has 1 heterocycles. The summed E-state index contributed by atoms with van der Waals surface area (Å²) in [5.41, 5.74) is 0. The van der Waals surface area contributed by atoms with Crippen LogP contribution in [0, 0.1) is 23.7 Å². The summed E-state index contributed by atoms with van der Waals surface area (Å²) in [6.07, 6.45) is 9.00. The number of carbonyl (C=O) groups is 1. The van der Waals surface area contributed by atoms with Crippen molar-refractivity contribution in [2.75, 3.05) is 6.26 Å². The van der Waals surface area contributed by atoms with E-state index in [1.807, 2.05) is 6.92 Å². The van der Waals surface area contributed by atoms with Gasteiger partial charge in [0.25, 0.3) is 5.91 Å². The second-order valence-electron chi connectivity index (χ2n) is 7.12. The molecule has 0 aromatic carbocycles. The van der Waals surface area contributed by atoms with Crippen molar-refractivity contribution < 1.29 is 17.8 Å². The van der Waals surface area contributed by atoms with Crippen molar-refractivity contribution in [3.63, 3.8) is 0 Å². The summed E-state index contributed by atoms with van der Waals surface area (Å²) in [4.78, 5) is 16.4. The summed E-state index contributed by atoms with van der Waals surface area (Å²) in [6, 6.07) is 0. The molecule has 1 aliphatic heterocycles. The Balaban J connectivity index is 0.000000338. The van der Waals surface area contributed by atoms with E-state index in [4.69, 9.17) is 13.0 Å². The number of nitrogens with zero attached hydrogens (tertiary/aromatic N) is 1. The third-order valence-corrected chi connectivity index (χ3v) is 6.50. The predicted octanol–water partition coefficient (Wildman–Crippen LogP) is 2.84. The summed E-state index contributed by atoms with van der Waals surface area (Å²) >= 11 is 1.72. The molecule has 3 aliphatic rings. The van der Waals surface area contributed by atoms with Gasteiger partial charge in [0, 0.05) is 6.26 Å². The van der Waals surface area contributed by atoms with Crippen molar-refractivity contribution in [3.05, 3.63) is 12.2 Å². The number of hydrogen-bond acceptors (Lipinski definition) is 5. The zero-order valence-electron chi connectivity index (χ0n) is 14.0. The molecule has 0 spiro atoms. The van der Waals surface area contributed by atoms with Gasteiger partial charge >= 0.3 is 0 Å². The molecule has 7 heteroatoms. The number of aliphatic imine (C=N–C) groups is 1. The van der Waals surface area contributed by atoms with E-state index in [0.29, 0.717) is 12.2 Å². The average Bonchev–Trinajstić information content (AvgIpc) is 3.04. The molecular weight excluding hydrogens is 334 g/mol. The van der Waals surface area contributed by atoms with Crippen molar-refractivity contribution in [1.82, 2.24) is 0 Å². The van der Waals surface area contributed by atoms with Gasteiger partial charge in [0.15, 0.2) is 0 Å². The normalized spacial score (nSPS) is 35.5. The monoisotopic (exact) mass is 358 g/mol. The maximum atomic E-state index is 12.1. The fraction of sp³-hybridized carbons (Fsp3) is 0.750. The van der Waals surface area contributed by atoms with E-state index in [1.54, 1.807) is 11.8 Å². The molecule has 1 amide bonds. The molecule has 1 saturated carbocycles. The van der Waals surface area contributed by atoms with E-state index < -0.39 is 10.1 Å². The summed E-state index contributed by atoms with van der Waals surface area (Å²) in [7, 11) is -3.92. The topological polar surface area (TPSA) is 86.6 Å². The van der Waals surface area contributed by atoms with Gasteiger partial charge in [0.2, 0.25) is 0 Å². The van der Waals surface area contributed by atoms with Crippen LogP contribution in [0.25, 0.3) is 0 Å². The first-order valence-electron chi connectivity index (χ1n) is 7.89. The molecule has 2 aliphatic carbocycles. The molecule has 3 unspecified atom stereocenters. The zero-order valence-corrected chi connectivity index (χ0v) is 15.6. The first-order chi connectivity index (χ1) is 10.5. The molecule has 0 N–H and O–H groups in total. The van der Waals surface area contributed by atoms with Gasteiger partial charge < -0.3 is 4.55 Å². The second kappa shape index (κ2) is 6.69. The van der Waals surface area contributed by atoms with E-state index in [9.17, 15) is 4.79 Å². The molecule has 4 atom stereocenters. The van der Waals surface area contributed by atoms with Gasteiger partial charge in [0.1, 0.15) is 4.75 Å². The summed E-state index contributed by atoms with van der Waals surface area (Å²) in [5, 5.41) is 1.09. The van der Waals surface area contributed by atoms with Gasteiger partial charge in [-0.25, -0.2) is 13.4 Å². The standard InChI is InChI=1S/C15H21NOS.CH4O3S/c1-9(2)15(3)14(17)16-13(18-15)8-12-7-10-4-5-11(12)6-10;1-5(2,3)4/h4-5,9-12H,6-8H2,1-3H3;1H3,(H,2,3,4)/p-1/t10?,11?,12?,15-;/m0./s1. The zero-order chi connectivity index (χ0) is 17.4. The van der Waals surface area contributed by atoms with Crippen LogP contribution in [0.3, 0.4) is 0 Å². The van der Waals surface area contributed by atoms with Gasteiger partial charge in [-0.1, -0.05) is 37.8 Å². The highest BCUT2D eigenvalue weighted by Crippen LogP contribution is 2.48. The lowest BCUT2D eigenvalue weighted by atomic mass is 9.91. The third kappa shape index (κ3) is 4.67. The van der Waals surface area contributed by atoms with Gasteiger partial charge in [-0.15, -0.1) is 0 Å². The summed E-state index contributed by atoms with van der Waals surface area (Å²) < 4.78 is 26.9. The van der Waals surface area contributed by atoms with E-state index in [-0.39, 0.29) is 10.7 Å². The van der Waals surface area contributed by atoms with Crippen molar-refractivity contribution in [2.24, 2.45) is 28.7 Å². The Hall–Kier alpha value is -0.660. The van der Waals surface area contributed by atoms with Gasteiger partial charge in [-0.05, 0) is 49.9 Å². The van der Waals surface area contributed by atoms with Crippen molar-refractivity contribution in [2.45, 2.75) is 44.8 Å². The van der Waals surface area contributed by atoms with Crippen LogP contribution in [-0.4, -0.2) is 34.9 Å². The molecule has 23 heavy (non-hydrogen) atoms. The predicted molar refractivity (Wildman–Crippen MR) is 92.4 cm³/mol. The number of hydrogen-bond donors (Lipinski definition) is 0. The molecule has 5 nitrogen and oxygen atoms in total. The van der Waals surface area contributed by atoms with Crippen LogP contribution in [0.4, 0.5) is 0 Å². The third-order valence-electron chi connectivity index (χ3n) is 4.94. The maximum Gasteiger partial charge on any atom is 0.263 e. The fourth-order valence-corrected chi connectivity index (χ4v) is 4.63. The van der Waals surface area contributed by atoms with Gasteiger partial charge in [0.05, 0.1) is 15.2 Å². The largest absolute Gasteiger partial charge is 0.748 e. The number of fused-ring (bicyclic) bond motifs is 2. The Kier molecular flexibility index (Phi) is 5.43. The molecule has 0 radical (unpaired) electrons. The molecule has 0 aromatic rings. The van der Waals surface area contributed by atoms with Crippen molar-refractivity contribution in [3.8, 4) is 0 Å². The van der Waals surface area contributed by atoms with Crippen LogP contribution in [0.2, 0.25) is 0 Å². The lowest BCUT2D eigenvalue weighted by Crippen LogP contribution is -2.33. The molecule has 1 fully saturated rings. The minimum atomic E-state index is -3.92. The maximum absolute atomic E-state index is 12.1. The molecule has 3 rings (SSSR count). The first kappa shape index (κ1) is 18.7. The number of amides is 1. The van der Waals surface area contributed by atoms with E-state index in [1.165, 1.54) is 12.8 Å². The van der Waals surface area contributed by atoms with Crippen LogP contribution in [0.1, 0.15) is 40.0 Å². The minimum absolute atomic E-state index is 0.0798. The summed E-state index contributed by atoms with van der Waals surface area (Å²) in [6.45, 7) is 6.27. The van der Waals surface area contributed by atoms with E-state index >= 15 is 0 Å². The Morgan fingerprint density at radius 1 is 1.39 bits per heavy atom. The number of allylic oxidation sites excluding steroid dienone is 2. The smallest absolute Gasteiger partial charge is 0.263 e. The summed E-state index contributed by atoms with van der Waals surface area (Å²) in [5.74, 6) is 2.71. The molecule has 2 bridgehead atoms. The Bertz CT molecular complexity index is 630. The lowest BCUT2D eigenvalue weighted by Gasteiger charge is -2.25. The Labute approximate surface area is 142 Å². The highest BCUT2D eigenvalue weighted by Gasteiger charge is 2.45. The van der Waals surface area contributed by atoms with Crippen LogP contribution in [0.5, 0.6) is 0 Å². The number of carbonyl (C=O) groups excluding carboxylic acids is 1. The number of thioether (sulfide) groups is 1. The molecule has 0 saturated heterocycles.